The minimum Gasteiger partial charge on any atom is -0.493 e. The van der Waals surface area contributed by atoms with Crippen LogP contribution in [0.25, 0.3) is 0 Å². The second-order valence-electron chi connectivity index (χ2n) is 6.19. The summed E-state index contributed by atoms with van der Waals surface area (Å²) in [7, 11) is 4.96. The minimum atomic E-state index is 0.366. The van der Waals surface area contributed by atoms with Crippen LogP contribution in [0.4, 0.5) is 0 Å². The molecule has 2 aromatic rings. The molecule has 5 nitrogen and oxygen atoms in total. The van der Waals surface area contributed by atoms with E-state index in [-0.39, 0.29) is 0 Å². The first kappa shape index (κ1) is 16.7. The van der Waals surface area contributed by atoms with Crippen molar-refractivity contribution in [2.75, 3.05) is 27.9 Å². The predicted molar refractivity (Wildman–Crippen MR) is 94.1 cm³/mol. The zero-order chi connectivity index (χ0) is 17.3. The predicted octanol–water partition coefficient (Wildman–Crippen LogP) is 3.40. The Kier molecular flexibility index (Phi) is 4.71. The SMILES string of the molecule is COc1ccc(CN2CCn3c(C)ccc3C2C)c(OC)c1OC. The van der Waals surface area contributed by atoms with Crippen LogP contribution in [0.2, 0.25) is 0 Å². The van der Waals surface area contributed by atoms with E-state index in [1.54, 1.807) is 21.3 Å². The van der Waals surface area contributed by atoms with Crippen LogP contribution >= 0.6 is 0 Å². The van der Waals surface area contributed by atoms with Crippen LogP contribution in [0.5, 0.6) is 17.2 Å². The third-order valence-corrected chi connectivity index (χ3v) is 4.98. The van der Waals surface area contributed by atoms with Gasteiger partial charge in [0.15, 0.2) is 11.5 Å². The molecule has 1 aromatic heterocycles. The van der Waals surface area contributed by atoms with Gasteiger partial charge in [-0.05, 0) is 32.0 Å². The molecule has 3 rings (SSSR count). The first-order valence-electron chi connectivity index (χ1n) is 8.28. The average Bonchev–Trinajstić information content (AvgIpc) is 2.98. The number of rotatable bonds is 5. The standard InChI is InChI=1S/C19H26N2O3/c1-13-6-8-16-14(2)20(10-11-21(13)16)12-15-7-9-17(22-3)19(24-5)18(15)23-4/h6-9,14H,10-12H2,1-5H3. The maximum absolute atomic E-state index is 5.62. The maximum Gasteiger partial charge on any atom is 0.203 e. The number of methoxy groups -OCH3 is 3. The Morgan fingerprint density at radius 2 is 1.71 bits per heavy atom. The number of aryl methyl sites for hydroxylation is 1. The highest BCUT2D eigenvalue weighted by atomic mass is 16.5. The van der Waals surface area contributed by atoms with E-state index in [0.29, 0.717) is 17.5 Å². The highest BCUT2D eigenvalue weighted by molar-refractivity contribution is 5.55. The van der Waals surface area contributed by atoms with E-state index in [0.717, 1.165) is 30.9 Å². The second-order valence-corrected chi connectivity index (χ2v) is 6.19. The summed E-state index contributed by atoms with van der Waals surface area (Å²) in [5.41, 5.74) is 3.82. The summed E-state index contributed by atoms with van der Waals surface area (Å²) in [6.07, 6.45) is 0. The number of hydrogen-bond donors (Lipinski definition) is 0. The lowest BCUT2D eigenvalue weighted by molar-refractivity contribution is 0.158. The summed E-state index contributed by atoms with van der Waals surface area (Å²) in [6.45, 7) is 7.28. The zero-order valence-corrected chi connectivity index (χ0v) is 15.1. The Bertz CT molecular complexity index is 724. The van der Waals surface area contributed by atoms with E-state index in [1.807, 2.05) is 6.07 Å². The molecule has 0 aliphatic carbocycles. The van der Waals surface area contributed by atoms with Crippen molar-refractivity contribution in [3.8, 4) is 17.2 Å². The van der Waals surface area contributed by atoms with Crippen LogP contribution in [0, 0.1) is 6.92 Å². The van der Waals surface area contributed by atoms with Gasteiger partial charge in [-0.25, -0.2) is 0 Å². The van der Waals surface area contributed by atoms with Gasteiger partial charge in [0.05, 0.1) is 21.3 Å². The van der Waals surface area contributed by atoms with Crippen LogP contribution in [0.15, 0.2) is 24.3 Å². The molecule has 1 aromatic carbocycles. The number of ether oxygens (including phenoxy) is 3. The molecule has 0 spiro atoms. The summed E-state index contributed by atoms with van der Waals surface area (Å²) in [6, 6.07) is 8.80. The monoisotopic (exact) mass is 330 g/mol. The fourth-order valence-corrected chi connectivity index (χ4v) is 3.59. The summed E-state index contributed by atoms with van der Waals surface area (Å²) in [5.74, 6) is 2.09. The van der Waals surface area contributed by atoms with Gasteiger partial charge in [0.1, 0.15) is 0 Å². The van der Waals surface area contributed by atoms with E-state index >= 15 is 0 Å². The molecular weight excluding hydrogens is 304 g/mol. The van der Waals surface area contributed by atoms with Crippen molar-refractivity contribution >= 4 is 0 Å². The number of benzene rings is 1. The smallest absolute Gasteiger partial charge is 0.203 e. The number of fused-ring (bicyclic) bond motifs is 1. The fourth-order valence-electron chi connectivity index (χ4n) is 3.59. The molecule has 1 unspecified atom stereocenters. The Balaban J connectivity index is 1.89. The van der Waals surface area contributed by atoms with Gasteiger partial charge in [0.25, 0.3) is 0 Å². The first-order valence-corrected chi connectivity index (χ1v) is 8.28. The van der Waals surface area contributed by atoms with Crippen molar-refractivity contribution in [3.63, 3.8) is 0 Å². The third-order valence-electron chi connectivity index (χ3n) is 4.98. The highest BCUT2D eigenvalue weighted by Gasteiger charge is 2.26. The molecule has 0 N–H and O–H groups in total. The molecule has 24 heavy (non-hydrogen) atoms. The molecule has 1 aliphatic heterocycles. The van der Waals surface area contributed by atoms with Gasteiger partial charge in [-0.15, -0.1) is 0 Å². The molecule has 0 bridgehead atoms. The molecule has 2 heterocycles. The Hall–Kier alpha value is -2.14. The highest BCUT2D eigenvalue weighted by Crippen LogP contribution is 2.41. The van der Waals surface area contributed by atoms with Gasteiger partial charge in [-0.2, -0.15) is 0 Å². The van der Waals surface area contributed by atoms with E-state index in [1.165, 1.54) is 11.4 Å². The van der Waals surface area contributed by atoms with Gasteiger partial charge >= 0.3 is 0 Å². The lowest BCUT2D eigenvalue weighted by Gasteiger charge is -2.35. The fraction of sp³-hybridized carbons (Fsp3) is 0.474. The quantitative estimate of drug-likeness (QED) is 0.842. The maximum atomic E-state index is 5.62. The lowest BCUT2D eigenvalue weighted by atomic mass is 10.1. The molecule has 130 valence electrons. The average molecular weight is 330 g/mol. The van der Waals surface area contributed by atoms with Gasteiger partial charge in [0.2, 0.25) is 5.75 Å². The normalized spacial score (nSPS) is 17.5. The molecule has 0 radical (unpaired) electrons. The van der Waals surface area contributed by atoms with Gasteiger partial charge in [0, 0.05) is 42.6 Å². The lowest BCUT2D eigenvalue weighted by Crippen LogP contribution is -2.36. The largest absolute Gasteiger partial charge is 0.493 e. The zero-order valence-electron chi connectivity index (χ0n) is 15.1. The van der Waals surface area contributed by atoms with Crippen LogP contribution in [-0.4, -0.2) is 37.3 Å². The van der Waals surface area contributed by atoms with Crippen molar-refractivity contribution in [2.45, 2.75) is 33.0 Å². The van der Waals surface area contributed by atoms with E-state index in [2.05, 4.69) is 41.5 Å². The van der Waals surface area contributed by atoms with Crippen molar-refractivity contribution in [1.82, 2.24) is 9.47 Å². The van der Waals surface area contributed by atoms with Gasteiger partial charge in [-0.3, -0.25) is 4.90 Å². The molecule has 0 saturated carbocycles. The molecule has 1 atom stereocenters. The molecule has 1 aliphatic rings. The summed E-state index contributed by atoms with van der Waals surface area (Å²) >= 11 is 0. The van der Waals surface area contributed by atoms with Gasteiger partial charge in [-0.1, -0.05) is 6.07 Å². The first-order chi connectivity index (χ1) is 11.6. The molecule has 0 fully saturated rings. The van der Waals surface area contributed by atoms with Crippen molar-refractivity contribution in [2.24, 2.45) is 0 Å². The summed E-state index contributed by atoms with van der Waals surface area (Å²) in [4.78, 5) is 2.47. The third kappa shape index (κ3) is 2.73. The second kappa shape index (κ2) is 6.77. The van der Waals surface area contributed by atoms with Crippen molar-refractivity contribution in [1.29, 1.82) is 0 Å². The van der Waals surface area contributed by atoms with Crippen molar-refractivity contribution in [3.05, 3.63) is 41.2 Å². The molecule has 5 heteroatoms. The number of nitrogens with zero attached hydrogens (tertiary/aromatic N) is 2. The van der Waals surface area contributed by atoms with E-state index in [9.17, 15) is 0 Å². The van der Waals surface area contributed by atoms with Gasteiger partial charge < -0.3 is 18.8 Å². The van der Waals surface area contributed by atoms with Crippen molar-refractivity contribution < 1.29 is 14.2 Å². The van der Waals surface area contributed by atoms with E-state index in [4.69, 9.17) is 14.2 Å². The number of aromatic nitrogens is 1. The summed E-state index contributed by atoms with van der Waals surface area (Å²) in [5, 5.41) is 0. The molecule has 0 saturated heterocycles. The minimum absolute atomic E-state index is 0.366. The molecule has 0 amide bonds. The van der Waals surface area contributed by atoms with Crippen LogP contribution < -0.4 is 14.2 Å². The van der Waals surface area contributed by atoms with Crippen LogP contribution in [0.1, 0.15) is 29.9 Å². The Labute approximate surface area is 143 Å². The van der Waals surface area contributed by atoms with Crippen LogP contribution in [0.3, 0.4) is 0 Å². The molecular formula is C19H26N2O3. The van der Waals surface area contributed by atoms with E-state index < -0.39 is 0 Å². The summed E-state index contributed by atoms with van der Waals surface area (Å²) < 4.78 is 18.9. The van der Waals surface area contributed by atoms with Crippen LogP contribution in [-0.2, 0) is 13.1 Å². The number of hydrogen-bond acceptors (Lipinski definition) is 4. The Morgan fingerprint density at radius 3 is 2.38 bits per heavy atom. The Morgan fingerprint density at radius 1 is 0.958 bits per heavy atom. The topological polar surface area (TPSA) is 35.9 Å².